The molecule has 2 aromatic rings. The number of nitrogens with zero attached hydrogens (tertiary/aromatic N) is 3. The van der Waals surface area contributed by atoms with Crippen LogP contribution in [-0.4, -0.2) is 64.9 Å². The third-order valence-electron chi connectivity index (χ3n) is 4.98. The van der Waals surface area contributed by atoms with Crippen LogP contribution in [0, 0.1) is 0 Å². The quantitative estimate of drug-likeness (QED) is 0.256. The summed E-state index contributed by atoms with van der Waals surface area (Å²) in [6.07, 6.45) is 2.01. The molecule has 29 heavy (non-hydrogen) atoms. The lowest BCUT2D eigenvalue weighted by atomic mass is 10.1. The number of thiophene rings is 1. The molecule has 2 heterocycles. The molecule has 0 radical (unpaired) electrons. The van der Waals surface area contributed by atoms with E-state index in [1.54, 1.807) is 14.2 Å². The van der Waals surface area contributed by atoms with Gasteiger partial charge < -0.3 is 24.6 Å². The third kappa shape index (κ3) is 6.40. The highest BCUT2D eigenvalue weighted by Crippen LogP contribution is 2.28. The van der Waals surface area contributed by atoms with Gasteiger partial charge in [-0.25, -0.2) is 0 Å². The molecule has 8 heteroatoms. The van der Waals surface area contributed by atoms with E-state index in [0.717, 1.165) is 63.0 Å². The second kappa shape index (κ2) is 12.1. The predicted molar refractivity (Wildman–Crippen MR) is 133 cm³/mol. The normalized spacial score (nSPS) is 14.4. The molecule has 1 N–H and O–H groups in total. The Kier molecular flexibility index (Phi) is 9.86. The van der Waals surface area contributed by atoms with Crippen molar-refractivity contribution < 1.29 is 9.47 Å². The molecule has 0 bridgehead atoms. The zero-order valence-electron chi connectivity index (χ0n) is 17.4. The highest BCUT2D eigenvalue weighted by atomic mass is 127. The van der Waals surface area contributed by atoms with E-state index in [9.17, 15) is 0 Å². The molecular formula is C21H31IN4O2S. The molecule has 1 fully saturated rings. The van der Waals surface area contributed by atoms with Crippen LogP contribution in [0.15, 0.2) is 40.7 Å². The SMILES string of the molecule is CN=C(NCCCc1ccc(OC)c(OC)c1)N1CCN(c2cccs2)CC1.I. The van der Waals surface area contributed by atoms with Crippen molar-refractivity contribution in [2.24, 2.45) is 4.99 Å². The molecule has 1 aliphatic rings. The van der Waals surface area contributed by atoms with Crippen molar-refractivity contribution >= 4 is 46.3 Å². The van der Waals surface area contributed by atoms with Gasteiger partial charge in [-0.05, 0) is 48.1 Å². The summed E-state index contributed by atoms with van der Waals surface area (Å²) in [5.41, 5.74) is 1.25. The molecule has 0 aliphatic carbocycles. The number of hydrogen-bond acceptors (Lipinski definition) is 5. The van der Waals surface area contributed by atoms with Crippen molar-refractivity contribution in [1.29, 1.82) is 0 Å². The summed E-state index contributed by atoms with van der Waals surface area (Å²) >= 11 is 1.81. The first-order chi connectivity index (χ1) is 13.7. The standard InChI is InChI=1S/C21H30N4O2S.HI/c1-22-21(25-13-11-24(12-14-25)20-7-5-15-28-20)23-10-4-6-17-8-9-18(26-2)19(16-17)27-3;/h5,7-9,15-16H,4,6,10-14H2,1-3H3,(H,22,23);1H. The summed E-state index contributed by atoms with van der Waals surface area (Å²) in [6.45, 7) is 4.95. The molecule has 1 aliphatic heterocycles. The smallest absolute Gasteiger partial charge is 0.193 e. The molecule has 1 aromatic carbocycles. The monoisotopic (exact) mass is 530 g/mol. The molecule has 160 valence electrons. The van der Waals surface area contributed by atoms with Gasteiger partial charge in [0.05, 0.1) is 19.2 Å². The fourth-order valence-electron chi connectivity index (χ4n) is 3.45. The maximum absolute atomic E-state index is 5.38. The second-order valence-electron chi connectivity index (χ2n) is 6.69. The number of guanidine groups is 1. The number of rotatable bonds is 7. The third-order valence-corrected chi connectivity index (χ3v) is 5.91. The van der Waals surface area contributed by atoms with Gasteiger partial charge in [-0.2, -0.15) is 0 Å². The molecule has 0 saturated carbocycles. The van der Waals surface area contributed by atoms with E-state index in [1.165, 1.54) is 10.6 Å². The zero-order chi connectivity index (χ0) is 19.8. The van der Waals surface area contributed by atoms with Gasteiger partial charge in [-0.1, -0.05) is 6.07 Å². The van der Waals surface area contributed by atoms with E-state index in [1.807, 2.05) is 24.5 Å². The maximum atomic E-state index is 5.38. The summed E-state index contributed by atoms with van der Waals surface area (Å²) in [7, 11) is 5.20. The minimum absolute atomic E-state index is 0. The molecule has 0 amide bonds. The van der Waals surface area contributed by atoms with Crippen LogP contribution in [-0.2, 0) is 6.42 Å². The predicted octanol–water partition coefficient (Wildman–Crippen LogP) is 3.71. The van der Waals surface area contributed by atoms with Gasteiger partial charge in [0.2, 0.25) is 0 Å². The van der Waals surface area contributed by atoms with Crippen LogP contribution in [0.25, 0.3) is 0 Å². The molecule has 6 nitrogen and oxygen atoms in total. The first-order valence-corrected chi connectivity index (χ1v) is 10.6. The van der Waals surface area contributed by atoms with E-state index < -0.39 is 0 Å². The largest absolute Gasteiger partial charge is 0.493 e. The molecule has 3 rings (SSSR count). The number of ether oxygens (including phenoxy) is 2. The zero-order valence-corrected chi connectivity index (χ0v) is 20.5. The van der Waals surface area contributed by atoms with Crippen LogP contribution in [0.4, 0.5) is 5.00 Å². The Bertz CT molecular complexity index is 762. The first-order valence-electron chi connectivity index (χ1n) is 9.70. The van der Waals surface area contributed by atoms with Gasteiger partial charge in [-0.15, -0.1) is 35.3 Å². The Labute approximate surface area is 194 Å². The van der Waals surface area contributed by atoms with Crippen molar-refractivity contribution in [3.8, 4) is 11.5 Å². The minimum Gasteiger partial charge on any atom is -0.493 e. The van der Waals surface area contributed by atoms with E-state index in [0.29, 0.717) is 0 Å². The Morgan fingerprint density at radius 3 is 2.48 bits per heavy atom. The molecular weight excluding hydrogens is 499 g/mol. The Morgan fingerprint density at radius 1 is 1.10 bits per heavy atom. The number of anilines is 1. The summed E-state index contributed by atoms with van der Waals surface area (Å²) in [5, 5.41) is 7.01. The lowest BCUT2D eigenvalue weighted by Crippen LogP contribution is -2.52. The molecule has 1 saturated heterocycles. The number of hydrogen-bond donors (Lipinski definition) is 1. The summed E-state index contributed by atoms with van der Waals surface area (Å²) in [6, 6.07) is 10.4. The highest BCUT2D eigenvalue weighted by molar-refractivity contribution is 14.0. The lowest BCUT2D eigenvalue weighted by Gasteiger charge is -2.37. The summed E-state index contributed by atoms with van der Waals surface area (Å²) in [5.74, 6) is 2.55. The average molecular weight is 530 g/mol. The van der Waals surface area contributed by atoms with Crippen LogP contribution < -0.4 is 19.7 Å². The van der Waals surface area contributed by atoms with Gasteiger partial charge in [0, 0.05) is 39.8 Å². The number of aryl methyl sites for hydroxylation is 1. The Hall–Kier alpha value is -1.68. The second-order valence-corrected chi connectivity index (χ2v) is 7.62. The minimum atomic E-state index is 0. The number of aliphatic imine (C=N–C) groups is 1. The van der Waals surface area contributed by atoms with Gasteiger partial charge in [0.25, 0.3) is 0 Å². The van der Waals surface area contributed by atoms with Crippen LogP contribution in [0.3, 0.4) is 0 Å². The van der Waals surface area contributed by atoms with Crippen molar-refractivity contribution in [2.45, 2.75) is 12.8 Å². The van der Waals surface area contributed by atoms with E-state index in [2.05, 4.69) is 49.8 Å². The first kappa shape index (κ1) is 23.6. The van der Waals surface area contributed by atoms with Crippen molar-refractivity contribution in [3.63, 3.8) is 0 Å². The number of nitrogens with one attached hydrogen (secondary N) is 1. The molecule has 0 atom stereocenters. The van der Waals surface area contributed by atoms with Crippen LogP contribution in [0.2, 0.25) is 0 Å². The van der Waals surface area contributed by atoms with Crippen LogP contribution in [0.5, 0.6) is 11.5 Å². The fraction of sp³-hybridized carbons (Fsp3) is 0.476. The lowest BCUT2D eigenvalue weighted by molar-refractivity contribution is 0.354. The Morgan fingerprint density at radius 2 is 1.86 bits per heavy atom. The molecule has 1 aromatic heterocycles. The number of halogens is 1. The summed E-state index contributed by atoms with van der Waals surface area (Å²) < 4.78 is 10.7. The number of methoxy groups -OCH3 is 2. The fourth-order valence-corrected chi connectivity index (χ4v) is 4.23. The summed E-state index contributed by atoms with van der Waals surface area (Å²) in [4.78, 5) is 9.27. The number of benzene rings is 1. The number of piperazine rings is 1. The maximum Gasteiger partial charge on any atom is 0.193 e. The van der Waals surface area contributed by atoms with Crippen molar-refractivity contribution in [1.82, 2.24) is 10.2 Å². The van der Waals surface area contributed by atoms with Crippen LogP contribution in [0.1, 0.15) is 12.0 Å². The highest BCUT2D eigenvalue weighted by Gasteiger charge is 2.20. The van der Waals surface area contributed by atoms with E-state index in [4.69, 9.17) is 9.47 Å². The molecule has 0 spiro atoms. The average Bonchev–Trinajstić information content (AvgIpc) is 3.29. The van der Waals surface area contributed by atoms with Crippen LogP contribution >= 0.6 is 35.3 Å². The topological polar surface area (TPSA) is 49.3 Å². The van der Waals surface area contributed by atoms with E-state index in [-0.39, 0.29) is 24.0 Å². The van der Waals surface area contributed by atoms with Gasteiger partial charge in [0.1, 0.15) is 0 Å². The van der Waals surface area contributed by atoms with Gasteiger partial charge in [-0.3, -0.25) is 4.99 Å². The van der Waals surface area contributed by atoms with Crippen molar-refractivity contribution in [3.05, 3.63) is 41.3 Å². The Balaban J connectivity index is 0.00000300. The van der Waals surface area contributed by atoms with Gasteiger partial charge >= 0.3 is 0 Å². The van der Waals surface area contributed by atoms with Crippen molar-refractivity contribution in [2.75, 3.05) is 58.9 Å². The van der Waals surface area contributed by atoms with E-state index >= 15 is 0 Å². The molecule has 0 unspecified atom stereocenters. The van der Waals surface area contributed by atoms with Gasteiger partial charge in [0.15, 0.2) is 17.5 Å².